The van der Waals surface area contributed by atoms with Crippen LogP contribution in [0.3, 0.4) is 0 Å². The van der Waals surface area contributed by atoms with Gasteiger partial charge in [0.2, 0.25) is 0 Å². The molecule has 1 N–H and O–H groups in total. The molecule has 31 heavy (non-hydrogen) atoms. The van der Waals surface area contributed by atoms with Crippen LogP contribution in [0.15, 0.2) is 66.4 Å². The van der Waals surface area contributed by atoms with Gasteiger partial charge >= 0.3 is 0 Å². The van der Waals surface area contributed by atoms with Crippen molar-refractivity contribution in [1.29, 1.82) is 0 Å². The van der Waals surface area contributed by atoms with Gasteiger partial charge in [-0.25, -0.2) is 18.1 Å². The van der Waals surface area contributed by atoms with Gasteiger partial charge in [-0.3, -0.25) is 9.59 Å². The molecule has 4 rings (SSSR count). The highest BCUT2D eigenvalue weighted by molar-refractivity contribution is 6.46. The zero-order valence-corrected chi connectivity index (χ0v) is 16.7. The number of carbonyl (C=O) groups is 2. The van der Waals surface area contributed by atoms with Gasteiger partial charge in [0, 0.05) is 11.8 Å². The number of amides is 2. The molecule has 156 valence electrons. The van der Waals surface area contributed by atoms with Crippen molar-refractivity contribution in [1.82, 2.24) is 0 Å². The Morgan fingerprint density at radius 1 is 0.774 bits per heavy atom. The van der Waals surface area contributed by atoms with Crippen molar-refractivity contribution in [2.75, 3.05) is 10.2 Å². The minimum absolute atomic E-state index is 0.0149. The molecule has 7 heteroatoms. The summed E-state index contributed by atoms with van der Waals surface area (Å²) in [4.78, 5) is 27.2. The van der Waals surface area contributed by atoms with Gasteiger partial charge in [0.1, 0.15) is 23.1 Å². The second-order valence-electron chi connectivity index (χ2n) is 7.23. The van der Waals surface area contributed by atoms with Gasteiger partial charge in [-0.05, 0) is 60.9 Å². The Balaban J connectivity index is 1.87. The Labute approximate surface area is 176 Å². The van der Waals surface area contributed by atoms with Crippen LogP contribution in [0.1, 0.15) is 16.7 Å². The highest BCUT2D eigenvalue weighted by Gasteiger charge is 2.41. The van der Waals surface area contributed by atoms with Crippen LogP contribution in [-0.2, 0) is 9.59 Å². The quantitative estimate of drug-likeness (QED) is 0.594. The number of nitrogens with one attached hydrogen (secondary N) is 1. The van der Waals surface area contributed by atoms with E-state index in [9.17, 15) is 22.8 Å². The van der Waals surface area contributed by atoms with E-state index in [2.05, 4.69) is 5.32 Å². The Kier molecular flexibility index (Phi) is 5.10. The topological polar surface area (TPSA) is 49.4 Å². The predicted octanol–water partition coefficient (Wildman–Crippen LogP) is 5.12. The number of hydrogen-bond acceptors (Lipinski definition) is 3. The van der Waals surface area contributed by atoms with E-state index in [4.69, 9.17) is 0 Å². The first kappa shape index (κ1) is 20.4. The number of benzene rings is 3. The highest BCUT2D eigenvalue weighted by atomic mass is 19.1. The van der Waals surface area contributed by atoms with E-state index < -0.39 is 29.3 Å². The number of nitrogens with zero attached hydrogens (tertiary/aromatic N) is 1. The minimum atomic E-state index is -1.05. The van der Waals surface area contributed by atoms with Crippen LogP contribution in [0.2, 0.25) is 0 Å². The Bertz CT molecular complexity index is 1270. The zero-order valence-electron chi connectivity index (χ0n) is 16.7. The fourth-order valence-corrected chi connectivity index (χ4v) is 3.40. The number of halogens is 3. The van der Waals surface area contributed by atoms with Crippen molar-refractivity contribution >= 4 is 28.8 Å². The summed E-state index contributed by atoms with van der Waals surface area (Å²) in [6, 6.07) is 13.2. The van der Waals surface area contributed by atoms with Crippen LogP contribution < -0.4 is 10.2 Å². The van der Waals surface area contributed by atoms with E-state index in [0.717, 1.165) is 23.3 Å². The molecule has 0 radical (unpaired) electrons. The smallest absolute Gasteiger partial charge is 0.282 e. The molecular weight excluding hydrogens is 405 g/mol. The van der Waals surface area contributed by atoms with Crippen molar-refractivity contribution in [3.63, 3.8) is 0 Å². The normalized spacial score (nSPS) is 13.9. The summed E-state index contributed by atoms with van der Waals surface area (Å²) < 4.78 is 41.5. The lowest BCUT2D eigenvalue weighted by molar-refractivity contribution is -0.120. The molecule has 1 aliphatic rings. The predicted molar refractivity (Wildman–Crippen MR) is 112 cm³/mol. The summed E-state index contributed by atoms with van der Waals surface area (Å²) in [5.74, 6) is -4.00. The van der Waals surface area contributed by atoms with Gasteiger partial charge in [0.05, 0.1) is 11.3 Å². The molecule has 1 heterocycles. The lowest BCUT2D eigenvalue weighted by Gasteiger charge is -2.16. The van der Waals surface area contributed by atoms with Crippen molar-refractivity contribution in [3.05, 3.63) is 101 Å². The second kappa shape index (κ2) is 7.75. The highest BCUT2D eigenvalue weighted by Crippen LogP contribution is 2.35. The third kappa shape index (κ3) is 3.70. The molecule has 0 saturated carbocycles. The van der Waals surface area contributed by atoms with Crippen LogP contribution in [0.25, 0.3) is 5.57 Å². The standard InChI is InChI=1S/C24H17F3N2O2/c1-13-6-7-15(10-14(13)2)21-22(28-18-5-3-4-16(25)11-18)24(31)29(23(21)30)20-9-8-17(26)12-19(20)27/h3-12,28H,1-2H3. The van der Waals surface area contributed by atoms with E-state index in [1.165, 1.54) is 24.3 Å². The maximum absolute atomic E-state index is 14.4. The number of rotatable bonds is 4. The van der Waals surface area contributed by atoms with Gasteiger partial charge < -0.3 is 5.32 Å². The van der Waals surface area contributed by atoms with Gasteiger partial charge in [0.15, 0.2) is 0 Å². The van der Waals surface area contributed by atoms with Crippen LogP contribution in [0, 0.1) is 31.3 Å². The molecule has 2 amide bonds. The van der Waals surface area contributed by atoms with Gasteiger partial charge in [-0.15, -0.1) is 0 Å². The molecule has 0 aliphatic carbocycles. The van der Waals surface area contributed by atoms with Crippen molar-refractivity contribution in [2.45, 2.75) is 13.8 Å². The van der Waals surface area contributed by atoms with Gasteiger partial charge in [-0.1, -0.05) is 24.3 Å². The molecule has 0 unspecified atom stereocenters. The van der Waals surface area contributed by atoms with Crippen LogP contribution in [-0.4, -0.2) is 11.8 Å². The molecule has 3 aromatic rings. The molecule has 1 aliphatic heterocycles. The molecule has 0 saturated heterocycles. The van der Waals surface area contributed by atoms with Crippen LogP contribution >= 0.6 is 0 Å². The average Bonchev–Trinajstić information content (AvgIpc) is 2.94. The maximum Gasteiger partial charge on any atom is 0.282 e. The summed E-state index contributed by atoms with van der Waals surface area (Å²) in [5, 5.41) is 2.81. The average molecular weight is 422 g/mol. The molecular formula is C24H17F3N2O2. The van der Waals surface area contributed by atoms with Crippen molar-refractivity contribution in [2.24, 2.45) is 0 Å². The van der Waals surface area contributed by atoms with Crippen LogP contribution in [0.4, 0.5) is 24.5 Å². The number of carbonyl (C=O) groups excluding carboxylic acids is 2. The van der Waals surface area contributed by atoms with E-state index in [0.29, 0.717) is 16.5 Å². The molecule has 0 bridgehead atoms. The van der Waals surface area contributed by atoms with Gasteiger partial charge in [0.25, 0.3) is 11.8 Å². The Morgan fingerprint density at radius 3 is 2.19 bits per heavy atom. The maximum atomic E-state index is 14.4. The lowest BCUT2D eigenvalue weighted by Crippen LogP contribution is -2.33. The first-order chi connectivity index (χ1) is 14.8. The molecule has 0 fully saturated rings. The fraction of sp³-hybridized carbons (Fsp3) is 0.0833. The van der Waals surface area contributed by atoms with Crippen molar-refractivity contribution < 1.29 is 22.8 Å². The third-order valence-electron chi connectivity index (χ3n) is 5.12. The Morgan fingerprint density at radius 2 is 1.52 bits per heavy atom. The second-order valence-corrected chi connectivity index (χ2v) is 7.23. The van der Waals surface area contributed by atoms with E-state index in [1.54, 1.807) is 18.2 Å². The minimum Gasteiger partial charge on any atom is -0.350 e. The first-order valence-corrected chi connectivity index (χ1v) is 9.44. The first-order valence-electron chi connectivity index (χ1n) is 9.44. The van der Waals surface area contributed by atoms with Crippen molar-refractivity contribution in [3.8, 4) is 0 Å². The van der Waals surface area contributed by atoms with E-state index in [-0.39, 0.29) is 22.6 Å². The number of anilines is 2. The fourth-order valence-electron chi connectivity index (χ4n) is 3.40. The SMILES string of the molecule is Cc1ccc(C2=C(Nc3cccc(F)c3)C(=O)N(c3ccc(F)cc3F)C2=O)cc1C. The summed E-state index contributed by atoms with van der Waals surface area (Å²) in [6.07, 6.45) is 0. The summed E-state index contributed by atoms with van der Waals surface area (Å²) in [7, 11) is 0. The lowest BCUT2D eigenvalue weighted by atomic mass is 9.99. The number of imide groups is 1. The molecule has 0 spiro atoms. The number of aryl methyl sites for hydroxylation is 2. The third-order valence-corrected chi connectivity index (χ3v) is 5.12. The largest absolute Gasteiger partial charge is 0.350 e. The molecule has 3 aromatic carbocycles. The summed E-state index contributed by atoms with van der Waals surface area (Å²) in [5.41, 5.74) is 2.10. The van der Waals surface area contributed by atoms with Crippen LogP contribution in [0.5, 0.6) is 0 Å². The van der Waals surface area contributed by atoms with Gasteiger partial charge in [-0.2, -0.15) is 0 Å². The monoisotopic (exact) mass is 422 g/mol. The molecule has 4 nitrogen and oxygen atoms in total. The summed E-state index contributed by atoms with van der Waals surface area (Å²) in [6.45, 7) is 3.76. The molecule has 0 aromatic heterocycles. The zero-order chi connectivity index (χ0) is 22.3. The number of hydrogen-bond donors (Lipinski definition) is 1. The van der Waals surface area contributed by atoms with E-state index >= 15 is 0 Å². The molecule has 0 atom stereocenters. The Hall–Kier alpha value is -3.87. The van der Waals surface area contributed by atoms with E-state index in [1.807, 2.05) is 13.8 Å². The summed E-state index contributed by atoms with van der Waals surface area (Å²) >= 11 is 0.